The molecule has 0 aromatic heterocycles. The zero-order valence-electron chi connectivity index (χ0n) is 18.5. The molecule has 3 rings (SSSR count). The second-order valence-electron chi connectivity index (χ2n) is 7.39. The van der Waals surface area contributed by atoms with Crippen molar-refractivity contribution in [3.8, 4) is 11.5 Å². The van der Waals surface area contributed by atoms with Gasteiger partial charge in [-0.25, -0.2) is 0 Å². The number of ether oxygens (including phenoxy) is 3. The molecular weight excluding hydrogens is 412 g/mol. The van der Waals surface area contributed by atoms with Crippen LogP contribution >= 0.6 is 0 Å². The molecule has 1 saturated heterocycles. The van der Waals surface area contributed by atoms with Crippen molar-refractivity contribution in [1.29, 1.82) is 0 Å². The van der Waals surface area contributed by atoms with E-state index in [4.69, 9.17) is 14.2 Å². The Hall–Kier alpha value is -3.55. The maximum Gasteiger partial charge on any atom is 0.311 e. The summed E-state index contributed by atoms with van der Waals surface area (Å²) < 4.78 is 15.8. The number of hydrogen-bond acceptors (Lipinski definition) is 6. The van der Waals surface area contributed by atoms with Crippen LogP contribution in [0.5, 0.6) is 11.5 Å². The van der Waals surface area contributed by atoms with Crippen LogP contribution in [-0.4, -0.2) is 45.2 Å². The van der Waals surface area contributed by atoms with Crippen LogP contribution in [0.3, 0.4) is 0 Å². The van der Waals surface area contributed by atoms with Crippen molar-refractivity contribution in [2.45, 2.75) is 25.8 Å². The fourth-order valence-electron chi connectivity index (χ4n) is 3.86. The van der Waals surface area contributed by atoms with Gasteiger partial charge in [0.25, 0.3) is 5.91 Å². The molecule has 1 heterocycles. The minimum absolute atomic E-state index is 0.0937. The number of carbonyl (C=O) groups excluding carboxylic acids is 3. The van der Waals surface area contributed by atoms with E-state index in [9.17, 15) is 14.4 Å². The van der Waals surface area contributed by atoms with Crippen molar-refractivity contribution in [1.82, 2.24) is 5.32 Å². The number of hydrogen-bond donors (Lipinski definition) is 1. The van der Waals surface area contributed by atoms with Crippen LogP contribution in [0.1, 0.15) is 31.4 Å². The van der Waals surface area contributed by atoms with E-state index in [0.717, 1.165) is 5.56 Å². The Kier molecular flexibility index (Phi) is 7.70. The third-order valence-electron chi connectivity index (χ3n) is 5.43. The molecule has 8 heteroatoms. The normalized spacial score (nSPS) is 18.1. The molecule has 0 radical (unpaired) electrons. The lowest BCUT2D eigenvalue weighted by atomic mass is 9.83. The lowest BCUT2D eigenvalue weighted by Gasteiger charge is -2.40. The first-order valence-corrected chi connectivity index (χ1v) is 10.5. The molecule has 0 bridgehead atoms. The molecule has 0 aliphatic carbocycles. The largest absolute Gasteiger partial charge is 0.497 e. The SMILES string of the molecule is CCNC(=O)COC(=O)[C@@H]1CCC(=O)N(c2ccc(OC)cc2)[C@@H]1c1ccc(OC)cc1. The van der Waals surface area contributed by atoms with Crippen molar-refractivity contribution in [3.63, 3.8) is 0 Å². The number of methoxy groups -OCH3 is 2. The Bertz CT molecular complexity index is 942. The standard InChI is InChI=1S/C24H28N2O6/c1-4-25-21(27)15-32-24(29)20-13-14-22(28)26(17-7-11-19(31-3)12-8-17)23(20)16-5-9-18(30-2)10-6-16/h5-12,20,23H,4,13-15H2,1-3H3,(H,25,27)/t20-,23-/m1/s1. The highest BCUT2D eigenvalue weighted by atomic mass is 16.5. The Morgan fingerprint density at radius 2 is 1.59 bits per heavy atom. The molecule has 0 spiro atoms. The van der Waals surface area contributed by atoms with E-state index in [1.165, 1.54) is 0 Å². The average molecular weight is 440 g/mol. The molecule has 0 saturated carbocycles. The Morgan fingerprint density at radius 3 is 2.16 bits per heavy atom. The summed E-state index contributed by atoms with van der Waals surface area (Å²) in [7, 11) is 3.15. The minimum Gasteiger partial charge on any atom is -0.497 e. The van der Waals surface area contributed by atoms with Crippen LogP contribution in [-0.2, 0) is 19.1 Å². The van der Waals surface area contributed by atoms with Gasteiger partial charge in [-0.05, 0) is 55.3 Å². The number of amides is 2. The molecular formula is C24H28N2O6. The first kappa shape index (κ1) is 23.1. The van der Waals surface area contributed by atoms with Gasteiger partial charge in [0.1, 0.15) is 11.5 Å². The maximum absolute atomic E-state index is 13.0. The van der Waals surface area contributed by atoms with Gasteiger partial charge in [-0.1, -0.05) is 12.1 Å². The number of rotatable bonds is 8. The van der Waals surface area contributed by atoms with Crippen molar-refractivity contribution in [2.24, 2.45) is 5.92 Å². The lowest BCUT2D eigenvalue weighted by molar-refractivity contribution is -0.154. The van der Waals surface area contributed by atoms with Gasteiger partial charge in [-0.2, -0.15) is 0 Å². The van der Waals surface area contributed by atoms with Crippen LogP contribution in [0.15, 0.2) is 48.5 Å². The molecule has 2 atom stereocenters. The van der Waals surface area contributed by atoms with E-state index in [1.54, 1.807) is 62.4 Å². The summed E-state index contributed by atoms with van der Waals surface area (Å²) in [5.41, 5.74) is 1.42. The Balaban J connectivity index is 1.96. The summed E-state index contributed by atoms with van der Waals surface area (Å²) in [6, 6.07) is 13.8. The van der Waals surface area contributed by atoms with Crippen LogP contribution in [0.25, 0.3) is 0 Å². The molecule has 2 aromatic carbocycles. The fraction of sp³-hybridized carbons (Fsp3) is 0.375. The van der Waals surface area contributed by atoms with E-state index in [-0.39, 0.29) is 24.8 Å². The number of nitrogens with one attached hydrogen (secondary N) is 1. The van der Waals surface area contributed by atoms with E-state index >= 15 is 0 Å². The summed E-state index contributed by atoms with van der Waals surface area (Å²) in [5.74, 6) is -0.260. The highest BCUT2D eigenvalue weighted by molar-refractivity contribution is 5.97. The zero-order chi connectivity index (χ0) is 23.1. The van der Waals surface area contributed by atoms with Crippen molar-refractivity contribution >= 4 is 23.5 Å². The van der Waals surface area contributed by atoms with Gasteiger partial charge in [0.15, 0.2) is 6.61 Å². The molecule has 1 fully saturated rings. The van der Waals surface area contributed by atoms with Crippen LogP contribution in [0.2, 0.25) is 0 Å². The van der Waals surface area contributed by atoms with Crippen molar-refractivity contribution < 1.29 is 28.6 Å². The number of nitrogens with zero attached hydrogens (tertiary/aromatic N) is 1. The third-order valence-corrected chi connectivity index (χ3v) is 5.43. The highest BCUT2D eigenvalue weighted by Crippen LogP contribution is 2.41. The molecule has 2 aromatic rings. The molecule has 0 unspecified atom stereocenters. The fourth-order valence-corrected chi connectivity index (χ4v) is 3.86. The number of likely N-dealkylation sites (N-methyl/N-ethyl adjacent to an activating group) is 1. The van der Waals surface area contributed by atoms with Gasteiger partial charge in [0, 0.05) is 18.7 Å². The molecule has 32 heavy (non-hydrogen) atoms. The third kappa shape index (κ3) is 5.19. The zero-order valence-corrected chi connectivity index (χ0v) is 18.5. The number of benzene rings is 2. The Labute approximate surface area is 187 Å². The van der Waals surface area contributed by atoms with Gasteiger partial charge in [0.2, 0.25) is 5.91 Å². The van der Waals surface area contributed by atoms with Gasteiger partial charge >= 0.3 is 5.97 Å². The number of esters is 1. The van der Waals surface area contributed by atoms with Gasteiger partial charge in [0.05, 0.1) is 26.2 Å². The number of carbonyl (C=O) groups is 3. The number of piperidine rings is 1. The molecule has 8 nitrogen and oxygen atoms in total. The summed E-state index contributed by atoms with van der Waals surface area (Å²) in [6.07, 6.45) is 0.524. The predicted octanol–water partition coefficient (Wildman–Crippen LogP) is 2.87. The summed E-state index contributed by atoms with van der Waals surface area (Å²) in [5, 5.41) is 2.61. The van der Waals surface area contributed by atoms with Crippen molar-refractivity contribution in [2.75, 3.05) is 32.3 Å². The lowest BCUT2D eigenvalue weighted by Crippen LogP contribution is -2.46. The molecule has 2 amide bonds. The van der Waals surface area contributed by atoms with Gasteiger partial charge < -0.3 is 24.4 Å². The predicted molar refractivity (Wildman–Crippen MR) is 119 cm³/mol. The van der Waals surface area contributed by atoms with E-state index in [1.807, 2.05) is 12.1 Å². The first-order valence-electron chi connectivity index (χ1n) is 10.5. The van der Waals surface area contributed by atoms with E-state index < -0.39 is 17.9 Å². The number of anilines is 1. The second kappa shape index (κ2) is 10.7. The van der Waals surface area contributed by atoms with Crippen molar-refractivity contribution in [3.05, 3.63) is 54.1 Å². The van der Waals surface area contributed by atoms with Crippen LogP contribution in [0.4, 0.5) is 5.69 Å². The second-order valence-corrected chi connectivity index (χ2v) is 7.39. The summed E-state index contributed by atoms with van der Waals surface area (Å²) >= 11 is 0. The topological polar surface area (TPSA) is 94.2 Å². The summed E-state index contributed by atoms with van der Waals surface area (Å²) in [4.78, 5) is 39.4. The summed E-state index contributed by atoms with van der Waals surface area (Å²) in [6.45, 7) is 1.89. The Morgan fingerprint density at radius 1 is 1.00 bits per heavy atom. The smallest absolute Gasteiger partial charge is 0.311 e. The van der Waals surface area contributed by atoms with Gasteiger partial charge in [-0.3, -0.25) is 14.4 Å². The van der Waals surface area contributed by atoms with E-state index in [0.29, 0.717) is 30.2 Å². The quantitative estimate of drug-likeness (QED) is 0.635. The average Bonchev–Trinajstić information content (AvgIpc) is 2.82. The van der Waals surface area contributed by atoms with Crippen LogP contribution < -0.4 is 19.7 Å². The van der Waals surface area contributed by atoms with E-state index in [2.05, 4.69) is 5.32 Å². The molecule has 1 N–H and O–H groups in total. The highest BCUT2D eigenvalue weighted by Gasteiger charge is 2.42. The van der Waals surface area contributed by atoms with Gasteiger partial charge in [-0.15, -0.1) is 0 Å². The maximum atomic E-state index is 13.0. The van der Waals surface area contributed by atoms with Crippen LogP contribution in [0, 0.1) is 5.92 Å². The molecule has 1 aliphatic heterocycles. The monoisotopic (exact) mass is 440 g/mol. The molecule has 1 aliphatic rings. The minimum atomic E-state index is -0.627. The molecule has 170 valence electrons. The first-order chi connectivity index (χ1) is 15.5.